The lowest BCUT2D eigenvalue weighted by atomic mass is 10.2. The van der Waals surface area contributed by atoms with Gasteiger partial charge in [0, 0.05) is 22.8 Å². The Hall–Kier alpha value is -1.42. The molecule has 0 fully saturated rings. The van der Waals surface area contributed by atoms with Gasteiger partial charge in [0.25, 0.3) is 0 Å². The summed E-state index contributed by atoms with van der Waals surface area (Å²) in [5, 5.41) is 2.06. The normalized spacial score (nSPS) is 10.2. The summed E-state index contributed by atoms with van der Waals surface area (Å²) in [5.41, 5.74) is 7.68. The zero-order chi connectivity index (χ0) is 9.26. The van der Waals surface area contributed by atoms with Gasteiger partial charge in [0.2, 0.25) is 5.95 Å². The van der Waals surface area contributed by atoms with E-state index in [0.717, 1.165) is 5.56 Å². The first kappa shape index (κ1) is 8.19. The van der Waals surface area contributed by atoms with E-state index in [2.05, 4.69) is 28.3 Å². The van der Waals surface area contributed by atoms with Gasteiger partial charge in [0.1, 0.15) is 0 Å². The fraction of sp³-hybridized carbons (Fsp3) is 0.111. The van der Waals surface area contributed by atoms with Gasteiger partial charge in [-0.3, -0.25) is 0 Å². The number of nitrogens with two attached hydrogens (primary N) is 1. The van der Waals surface area contributed by atoms with E-state index in [4.69, 9.17) is 5.73 Å². The van der Waals surface area contributed by atoms with Crippen LogP contribution in [0.25, 0.3) is 10.4 Å². The van der Waals surface area contributed by atoms with Crippen LogP contribution in [0.15, 0.2) is 23.8 Å². The van der Waals surface area contributed by atoms with E-state index in [0.29, 0.717) is 5.95 Å². The highest BCUT2D eigenvalue weighted by atomic mass is 32.1. The second kappa shape index (κ2) is 3.14. The maximum atomic E-state index is 5.40. The molecule has 0 aliphatic carbocycles. The van der Waals surface area contributed by atoms with Crippen molar-refractivity contribution in [2.75, 3.05) is 5.73 Å². The molecular formula is C9H9N3S. The summed E-state index contributed by atoms with van der Waals surface area (Å²) in [6.07, 6.45) is 3.50. The molecule has 13 heavy (non-hydrogen) atoms. The van der Waals surface area contributed by atoms with E-state index in [9.17, 15) is 0 Å². The average molecular weight is 191 g/mol. The number of rotatable bonds is 1. The molecule has 2 aromatic rings. The van der Waals surface area contributed by atoms with Crippen molar-refractivity contribution < 1.29 is 0 Å². The van der Waals surface area contributed by atoms with Crippen LogP contribution in [0.1, 0.15) is 5.56 Å². The van der Waals surface area contributed by atoms with E-state index in [1.807, 2.05) is 0 Å². The highest BCUT2D eigenvalue weighted by molar-refractivity contribution is 7.13. The molecule has 0 radical (unpaired) electrons. The Morgan fingerprint density at radius 2 is 2.00 bits per heavy atom. The minimum Gasteiger partial charge on any atom is -0.368 e. The van der Waals surface area contributed by atoms with Crippen LogP contribution in [0.2, 0.25) is 0 Å². The molecule has 0 spiro atoms. The number of hydrogen-bond acceptors (Lipinski definition) is 4. The first-order chi connectivity index (χ1) is 6.27. The molecule has 0 unspecified atom stereocenters. The van der Waals surface area contributed by atoms with Gasteiger partial charge >= 0.3 is 0 Å². The van der Waals surface area contributed by atoms with Crippen LogP contribution in [0.4, 0.5) is 5.95 Å². The van der Waals surface area contributed by atoms with Crippen LogP contribution >= 0.6 is 11.3 Å². The Morgan fingerprint density at radius 3 is 2.54 bits per heavy atom. The van der Waals surface area contributed by atoms with Crippen LogP contribution in [-0.2, 0) is 0 Å². The van der Waals surface area contributed by atoms with Crippen LogP contribution in [0, 0.1) is 6.92 Å². The van der Waals surface area contributed by atoms with Gasteiger partial charge in [-0.15, -0.1) is 11.3 Å². The fourth-order valence-corrected chi connectivity index (χ4v) is 2.03. The summed E-state index contributed by atoms with van der Waals surface area (Å²) >= 11 is 1.69. The van der Waals surface area contributed by atoms with E-state index < -0.39 is 0 Å². The van der Waals surface area contributed by atoms with Crippen molar-refractivity contribution in [2.24, 2.45) is 0 Å². The van der Waals surface area contributed by atoms with Crippen LogP contribution < -0.4 is 5.73 Å². The number of aromatic nitrogens is 2. The van der Waals surface area contributed by atoms with Gasteiger partial charge in [0.15, 0.2) is 0 Å². The number of nitrogens with zero attached hydrogens (tertiary/aromatic N) is 2. The van der Waals surface area contributed by atoms with Crippen molar-refractivity contribution in [1.82, 2.24) is 9.97 Å². The van der Waals surface area contributed by atoms with E-state index in [1.54, 1.807) is 23.7 Å². The average Bonchev–Trinajstić information content (AvgIpc) is 2.53. The molecule has 3 nitrogen and oxygen atoms in total. The lowest BCUT2D eigenvalue weighted by Crippen LogP contribution is -1.93. The molecule has 0 saturated heterocycles. The number of aryl methyl sites for hydroxylation is 1. The first-order valence-corrected chi connectivity index (χ1v) is 4.77. The molecule has 0 aromatic carbocycles. The van der Waals surface area contributed by atoms with Crippen molar-refractivity contribution in [3.8, 4) is 10.4 Å². The standard InChI is InChI=1S/C9H9N3S/c1-6-2-3-13-8(6)7-4-11-9(10)12-5-7/h2-5H,1H3,(H2,10,11,12). The highest BCUT2D eigenvalue weighted by Gasteiger charge is 2.03. The Balaban J connectivity index is 2.47. The minimum atomic E-state index is 0.318. The molecule has 66 valence electrons. The van der Waals surface area contributed by atoms with Gasteiger partial charge in [-0.1, -0.05) is 0 Å². The molecule has 4 heteroatoms. The van der Waals surface area contributed by atoms with Crippen molar-refractivity contribution in [3.63, 3.8) is 0 Å². The minimum absolute atomic E-state index is 0.318. The van der Waals surface area contributed by atoms with Crippen LogP contribution in [0.3, 0.4) is 0 Å². The zero-order valence-corrected chi connectivity index (χ0v) is 8.01. The summed E-state index contributed by atoms with van der Waals surface area (Å²) < 4.78 is 0. The quantitative estimate of drug-likeness (QED) is 0.751. The van der Waals surface area contributed by atoms with Gasteiger partial charge in [-0.05, 0) is 23.9 Å². The molecule has 2 heterocycles. The summed E-state index contributed by atoms with van der Waals surface area (Å²) in [5.74, 6) is 0.318. The Kier molecular flexibility index (Phi) is 1.98. The molecule has 0 aliphatic rings. The lowest BCUT2D eigenvalue weighted by Gasteiger charge is -1.98. The molecule has 0 atom stereocenters. The molecule has 0 aliphatic heterocycles. The van der Waals surface area contributed by atoms with Crippen molar-refractivity contribution in [1.29, 1.82) is 0 Å². The number of thiophene rings is 1. The van der Waals surface area contributed by atoms with E-state index in [-0.39, 0.29) is 0 Å². The van der Waals surface area contributed by atoms with Gasteiger partial charge in [0.05, 0.1) is 0 Å². The van der Waals surface area contributed by atoms with Gasteiger partial charge in [-0.25, -0.2) is 9.97 Å². The highest BCUT2D eigenvalue weighted by Crippen LogP contribution is 2.27. The van der Waals surface area contributed by atoms with Crippen molar-refractivity contribution in [2.45, 2.75) is 6.92 Å². The third kappa shape index (κ3) is 1.53. The maximum Gasteiger partial charge on any atom is 0.219 e. The zero-order valence-electron chi connectivity index (χ0n) is 7.19. The van der Waals surface area contributed by atoms with Crippen LogP contribution in [-0.4, -0.2) is 9.97 Å². The summed E-state index contributed by atoms with van der Waals surface area (Å²) in [6, 6.07) is 2.08. The fourth-order valence-electron chi connectivity index (χ4n) is 1.12. The van der Waals surface area contributed by atoms with E-state index >= 15 is 0 Å². The number of anilines is 1. The van der Waals surface area contributed by atoms with Gasteiger partial charge < -0.3 is 5.73 Å². The molecule has 2 rings (SSSR count). The van der Waals surface area contributed by atoms with Crippen molar-refractivity contribution >= 4 is 17.3 Å². The van der Waals surface area contributed by atoms with E-state index in [1.165, 1.54) is 10.4 Å². The largest absolute Gasteiger partial charge is 0.368 e. The SMILES string of the molecule is Cc1ccsc1-c1cnc(N)nc1. The Morgan fingerprint density at radius 1 is 1.31 bits per heavy atom. The smallest absolute Gasteiger partial charge is 0.219 e. The third-order valence-corrected chi connectivity index (χ3v) is 2.86. The molecule has 0 amide bonds. The monoisotopic (exact) mass is 191 g/mol. The Labute approximate surface area is 80.3 Å². The summed E-state index contributed by atoms with van der Waals surface area (Å²) in [4.78, 5) is 9.11. The predicted molar refractivity (Wildman–Crippen MR) is 54.5 cm³/mol. The van der Waals surface area contributed by atoms with Crippen LogP contribution in [0.5, 0.6) is 0 Å². The Bertz CT molecular complexity index is 405. The van der Waals surface area contributed by atoms with Crippen molar-refractivity contribution in [3.05, 3.63) is 29.4 Å². The topological polar surface area (TPSA) is 51.8 Å². The summed E-state index contributed by atoms with van der Waals surface area (Å²) in [6.45, 7) is 2.07. The summed E-state index contributed by atoms with van der Waals surface area (Å²) in [7, 11) is 0. The number of nitrogen functional groups attached to an aromatic ring is 1. The molecule has 0 bridgehead atoms. The second-order valence-corrected chi connectivity index (χ2v) is 3.68. The third-order valence-electron chi connectivity index (χ3n) is 1.80. The van der Waals surface area contributed by atoms with Gasteiger partial charge in [-0.2, -0.15) is 0 Å². The molecule has 2 aromatic heterocycles. The maximum absolute atomic E-state index is 5.40. The molecule has 0 saturated carbocycles. The number of hydrogen-bond donors (Lipinski definition) is 1. The molecular weight excluding hydrogens is 182 g/mol. The predicted octanol–water partition coefficient (Wildman–Crippen LogP) is 2.10. The second-order valence-electron chi connectivity index (χ2n) is 2.76. The first-order valence-electron chi connectivity index (χ1n) is 3.89. The lowest BCUT2D eigenvalue weighted by molar-refractivity contribution is 1.19. The molecule has 2 N–H and O–H groups in total.